The lowest BCUT2D eigenvalue weighted by Crippen LogP contribution is -2.44. The van der Waals surface area contributed by atoms with Crippen LogP contribution in [-0.4, -0.2) is 48.1 Å². The van der Waals surface area contributed by atoms with Gasteiger partial charge >= 0.3 is 0 Å². The Labute approximate surface area is 264 Å². The Morgan fingerprint density at radius 1 is 0.977 bits per heavy atom. The third-order valence-corrected chi connectivity index (χ3v) is 9.65. The molecule has 0 spiro atoms. The van der Waals surface area contributed by atoms with E-state index in [0.29, 0.717) is 29.6 Å². The summed E-state index contributed by atoms with van der Waals surface area (Å²) in [6, 6.07) is 18.8. The van der Waals surface area contributed by atoms with Crippen molar-refractivity contribution in [3.63, 3.8) is 0 Å². The number of nitrogens with zero attached hydrogens (tertiary/aromatic N) is 2. The second-order valence-corrected chi connectivity index (χ2v) is 13.3. The van der Waals surface area contributed by atoms with E-state index in [1.807, 2.05) is 91.2 Å². The van der Waals surface area contributed by atoms with Crippen LogP contribution in [0.3, 0.4) is 0 Å². The monoisotopic (exact) mass is 616 g/mol. The summed E-state index contributed by atoms with van der Waals surface area (Å²) in [5.74, 6) is 1.73. The van der Waals surface area contributed by atoms with Gasteiger partial charge in [0.2, 0.25) is 11.8 Å². The number of hydrogen-bond acceptors (Lipinski definition) is 5. The van der Waals surface area contributed by atoms with Gasteiger partial charge in [0.15, 0.2) is 11.5 Å². The molecule has 232 valence electrons. The average molecular weight is 617 g/mol. The highest BCUT2D eigenvalue weighted by Gasteiger charge is 2.41. The van der Waals surface area contributed by atoms with Gasteiger partial charge in [-0.3, -0.25) is 9.59 Å². The molecular formula is C36H41ClN2O5. The van der Waals surface area contributed by atoms with Gasteiger partial charge in [-0.15, -0.1) is 0 Å². The average Bonchev–Trinajstić information content (AvgIpc) is 3.86. The first-order valence-corrected chi connectivity index (χ1v) is 16.0. The molecule has 2 fully saturated rings. The van der Waals surface area contributed by atoms with Gasteiger partial charge in [0.05, 0.1) is 31.3 Å². The highest BCUT2D eigenvalue weighted by Crippen LogP contribution is 2.45. The number of halogens is 1. The van der Waals surface area contributed by atoms with Crippen LogP contribution < -0.4 is 14.4 Å². The SMILES string of the molecule is COc1cc2c(cc1OC(C)C)[C@H](c1ccc(Cl)cc1)N(c1ccc(C(C)(O)C3CCN(C(=O)C4CC4)CC3)cc1)C(=O)C2. The van der Waals surface area contributed by atoms with Crippen molar-refractivity contribution in [2.45, 2.75) is 70.6 Å². The predicted octanol–water partition coefficient (Wildman–Crippen LogP) is 6.67. The van der Waals surface area contributed by atoms with Gasteiger partial charge in [-0.2, -0.15) is 0 Å². The first-order chi connectivity index (χ1) is 21.1. The number of aliphatic hydroxyl groups is 1. The van der Waals surface area contributed by atoms with Crippen LogP contribution >= 0.6 is 11.6 Å². The number of carbonyl (C=O) groups is 2. The normalized spacial score (nSPS) is 20.3. The molecule has 44 heavy (non-hydrogen) atoms. The number of amides is 2. The van der Waals surface area contributed by atoms with E-state index >= 15 is 0 Å². The molecule has 2 atom stereocenters. The Balaban J connectivity index is 1.31. The maximum absolute atomic E-state index is 13.9. The molecule has 2 amide bonds. The van der Waals surface area contributed by atoms with Crippen LogP contribution in [0.1, 0.15) is 74.8 Å². The van der Waals surface area contributed by atoms with E-state index in [9.17, 15) is 14.7 Å². The fourth-order valence-electron chi connectivity index (χ4n) is 6.77. The predicted molar refractivity (Wildman–Crippen MR) is 171 cm³/mol. The number of anilines is 1. The number of methoxy groups -OCH3 is 1. The summed E-state index contributed by atoms with van der Waals surface area (Å²) >= 11 is 6.26. The van der Waals surface area contributed by atoms with Crippen LogP contribution in [-0.2, 0) is 21.6 Å². The molecule has 0 aromatic heterocycles. The molecule has 6 rings (SSSR count). The van der Waals surface area contributed by atoms with Gasteiger partial charge in [0.25, 0.3) is 0 Å². The van der Waals surface area contributed by atoms with Crippen molar-refractivity contribution in [1.29, 1.82) is 0 Å². The fourth-order valence-corrected chi connectivity index (χ4v) is 6.90. The lowest BCUT2D eigenvalue weighted by molar-refractivity contribution is -0.135. The number of likely N-dealkylation sites (tertiary alicyclic amines) is 1. The van der Waals surface area contributed by atoms with Crippen LogP contribution in [0.15, 0.2) is 60.7 Å². The molecule has 3 aliphatic rings. The minimum absolute atomic E-state index is 0.0377. The second kappa shape index (κ2) is 12.1. The van der Waals surface area contributed by atoms with Crippen molar-refractivity contribution >= 4 is 29.1 Å². The molecule has 3 aromatic rings. The molecule has 1 aliphatic carbocycles. The third-order valence-electron chi connectivity index (χ3n) is 9.40. The van der Waals surface area contributed by atoms with Gasteiger partial charge < -0.3 is 24.4 Å². The third kappa shape index (κ3) is 5.92. The lowest BCUT2D eigenvalue weighted by atomic mass is 9.77. The Morgan fingerprint density at radius 2 is 1.64 bits per heavy atom. The molecular weight excluding hydrogens is 576 g/mol. The number of fused-ring (bicyclic) bond motifs is 1. The zero-order valence-corrected chi connectivity index (χ0v) is 26.6. The zero-order valence-electron chi connectivity index (χ0n) is 25.9. The number of rotatable bonds is 8. The van der Waals surface area contributed by atoms with Crippen molar-refractivity contribution in [3.05, 3.63) is 87.9 Å². The van der Waals surface area contributed by atoms with Crippen LogP contribution in [0.5, 0.6) is 11.5 Å². The van der Waals surface area contributed by atoms with Crippen molar-refractivity contribution in [3.8, 4) is 11.5 Å². The Morgan fingerprint density at radius 3 is 2.23 bits per heavy atom. The fraction of sp³-hybridized carbons (Fsp3) is 0.444. The number of ether oxygens (including phenoxy) is 2. The smallest absolute Gasteiger partial charge is 0.232 e. The lowest BCUT2D eigenvalue weighted by Gasteiger charge is -2.40. The molecule has 7 nitrogen and oxygen atoms in total. The van der Waals surface area contributed by atoms with Gasteiger partial charge in [0.1, 0.15) is 0 Å². The Bertz CT molecular complexity index is 1520. The maximum Gasteiger partial charge on any atom is 0.232 e. The largest absolute Gasteiger partial charge is 0.493 e. The van der Waals surface area contributed by atoms with Crippen LogP contribution in [0, 0.1) is 11.8 Å². The van der Waals surface area contributed by atoms with E-state index in [4.69, 9.17) is 21.1 Å². The van der Waals surface area contributed by atoms with Gasteiger partial charge in [-0.1, -0.05) is 35.9 Å². The van der Waals surface area contributed by atoms with Crippen LogP contribution in [0.4, 0.5) is 5.69 Å². The molecule has 0 radical (unpaired) electrons. The van der Waals surface area contributed by atoms with E-state index in [1.54, 1.807) is 7.11 Å². The molecule has 2 heterocycles. The molecule has 8 heteroatoms. The van der Waals surface area contributed by atoms with Crippen LogP contribution in [0.2, 0.25) is 5.02 Å². The van der Waals surface area contributed by atoms with Crippen molar-refractivity contribution in [1.82, 2.24) is 4.90 Å². The molecule has 1 saturated heterocycles. The summed E-state index contributed by atoms with van der Waals surface area (Å²) in [5.41, 5.74) is 3.27. The second-order valence-electron chi connectivity index (χ2n) is 12.8. The van der Waals surface area contributed by atoms with Crippen molar-refractivity contribution in [2.75, 3.05) is 25.1 Å². The Kier molecular flexibility index (Phi) is 8.38. The van der Waals surface area contributed by atoms with E-state index in [0.717, 1.165) is 53.6 Å². The van der Waals surface area contributed by atoms with Crippen molar-refractivity contribution in [2.24, 2.45) is 11.8 Å². The summed E-state index contributed by atoms with van der Waals surface area (Å²) in [5, 5.41) is 12.3. The van der Waals surface area contributed by atoms with Gasteiger partial charge in [0, 0.05) is 29.7 Å². The molecule has 2 aliphatic heterocycles. The first-order valence-electron chi connectivity index (χ1n) is 15.6. The topological polar surface area (TPSA) is 79.3 Å². The maximum atomic E-state index is 13.9. The minimum Gasteiger partial charge on any atom is -0.493 e. The summed E-state index contributed by atoms with van der Waals surface area (Å²) < 4.78 is 11.8. The number of piperidine rings is 1. The highest BCUT2D eigenvalue weighted by atomic mass is 35.5. The molecule has 3 aromatic carbocycles. The molecule has 1 N–H and O–H groups in total. The summed E-state index contributed by atoms with van der Waals surface area (Å²) in [4.78, 5) is 30.2. The quantitative estimate of drug-likeness (QED) is 0.306. The van der Waals surface area contributed by atoms with Crippen molar-refractivity contribution < 1.29 is 24.2 Å². The van der Waals surface area contributed by atoms with E-state index < -0.39 is 11.6 Å². The van der Waals surface area contributed by atoms with E-state index in [-0.39, 0.29) is 36.2 Å². The number of carbonyl (C=O) groups excluding carboxylic acids is 2. The summed E-state index contributed by atoms with van der Waals surface area (Å²) in [6.45, 7) is 7.18. The highest BCUT2D eigenvalue weighted by molar-refractivity contribution is 6.30. The summed E-state index contributed by atoms with van der Waals surface area (Å²) in [7, 11) is 1.61. The molecule has 1 saturated carbocycles. The van der Waals surface area contributed by atoms with Crippen LogP contribution in [0.25, 0.3) is 0 Å². The molecule has 1 unspecified atom stereocenters. The van der Waals surface area contributed by atoms with Gasteiger partial charge in [-0.25, -0.2) is 0 Å². The number of hydrogen-bond donors (Lipinski definition) is 1. The van der Waals surface area contributed by atoms with Gasteiger partial charge in [-0.05, 0) is 111 Å². The zero-order chi connectivity index (χ0) is 31.2. The van der Waals surface area contributed by atoms with E-state index in [2.05, 4.69) is 0 Å². The minimum atomic E-state index is -1.05. The van der Waals surface area contributed by atoms with E-state index in [1.165, 1.54) is 0 Å². The molecule has 0 bridgehead atoms. The number of benzene rings is 3. The summed E-state index contributed by atoms with van der Waals surface area (Å²) in [6.07, 6.45) is 3.70. The Hall–Kier alpha value is -3.55. The first kappa shape index (κ1) is 30.5. The standard InChI is InChI=1S/C36H41ClN2O5/c1-22(2)44-32-21-30-25(19-31(32)43-4)20-33(40)39(34(30)23-7-11-28(37)12-8-23)29-13-9-26(10-14-29)36(3,42)27-15-17-38(18-16-27)35(41)24-5-6-24/h7-14,19,21-22,24,27,34,42H,5-6,15-18,20H2,1-4H3/t34-,36?/m0/s1.